The van der Waals surface area contributed by atoms with Crippen LogP contribution in [-0.4, -0.2) is 22.8 Å². The summed E-state index contributed by atoms with van der Waals surface area (Å²) in [5.74, 6) is -1.19. The molecule has 0 bridgehead atoms. The third-order valence-corrected chi connectivity index (χ3v) is 0.135. The van der Waals surface area contributed by atoms with E-state index in [1.807, 2.05) is 0 Å². The van der Waals surface area contributed by atoms with E-state index in [4.69, 9.17) is 15.0 Å². The predicted octanol–water partition coefficient (Wildman–Crippen LogP) is -3.48. The number of carboxylic acid groups (broad SMARTS) is 1. The molecule has 0 unspecified atom stereocenters. The van der Waals surface area contributed by atoms with E-state index in [1.165, 1.54) is 0 Å². The summed E-state index contributed by atoms with van der Waals surface area (Å²) in [6.45, 7) is -0.778. The molecule has 0 rings (SSSR count). The maximum absolute atomic E-state index is 9.12. The summed E-state index contributed by atoms with van der Waals surface area (Å²) in [7, 11) is 0. The molecule has 0 atom stereocenters. The van der Waals surface area contributed by atoms with Crippen LogP contribution in [0.1, 0.15) is 0 Å². The molecule has 2 N–H and O–H groups in total. The van der Waals surface area contributed by atoms with Crippen LogP contribution in [0.5, 0.6) is 0 Å². The van der Waals surface area contributed by atoms with Crippen LogP contribution >= 0.6 is 0 Å². The summed E-state index contributed by atoms with van der Waals surface area (Å²) in [5.41, 5.74) is 0. The number of aliphatic hydroxyl groups is 1. The Morgan fingerprint density at radius 3 is 1.71 bits per heavy atom. The molecule has 0 saturated carbocycles. The molecule has 38 valence electrons. The van der Waals surface area contributed by atoms with E-state index in [0.29, 0.717) is 0 Å². The molecular weight excluding hydrogens is 107 g/mol. The second kappa shape index (κ2) is 9.66. The van der Waals surface area contributed by atoms with E-state index in [1.54, 1.807) is 0 Å². The van der Waals surface area contributed by atoms with Gasteiger partial charge in [-0.1, -0.05) is 0 Å². The average molecular weight is 114 g/mol. The molecule has 0 aromatic carbocycles. The van der Waals surface area contributed by atoms with Gasteiger partial charge in [0.05, 0.1) is 0 Å². The molecule has 0 aliphatic heterocycles. The molecule has 0 saturated heterocycles. The minimum absolute atomic E-state index is 0. The van der Waals surface area contributed by atoms with Crippen LogP contribution in [0.4, 0.5) is 0 Å². The molecule has 3 nitrogen and oxygen atoms in total. The van der Waals surface area contributed by atoms with Crippen molar-refractivity contribution in [2.24, 2.45) is 0 Å². The molecule has 0 fully saturated rings. The summed E-state index contributed by atoms with van der Waals surface area (Å²) >= 11 is 0. The van der Waals surface area contributed by atoms with Crippen LogP contribution < -0.4 is 29.6 Å². The molecule has 7 heavy (non-hydrogen) atoms. The molecule has 0 spiro atoms. The van der Waals surface area contributed by atoms with Crippen molar-refractivity contribution >= 4 is 5.97 Å². The van der Waals surface area contributed by atoms with Crippen LogP contribution in [-0.2, 0) is 4.79 Å². The summed E-state index contributed by atoms with van der Waals surface area (Å²) in [6.07, 6.45) is 0. The zero-order valence-electron chi connectivity index (χ0n) is 4.51. The van der Waals surface area contributed by atoms with E-state index >= 15 is 0 Å². The topological polar surface area (TPSA) is 57.5 Å². The van der Waals surface area contributed by atoms with Crippen molar-refractivity contribution < 1.29 is 44.6 Å². The van der Waals surface area contributed by atoms with Gasteiger partial charge in [0.25, 0.3) is 0 Å². The van der Waals surface area contributed by atoms with Gasteiger partial charge < -0.3 is 17.6 Å². The Hall–Kier alpha value is 0.430. The summed E-state index contributed by atoms with van der Waals surface area (Å²) in [5, 5.41) is 15.0. The number of aliphatic carboxylic acids is 1. The first-order valence-corrected chi connectivity index (χ1v) is 1.10. The number of hydrogen-bond acceptors (Lipinski definition) is 2. The van der Waals surface area contributed by atoms with Gasteiger partial charge in [0, 0.05) is 0 Å². The van der Waals surface area contributed by atoms with Gasteiger partial charge in [-0.05, 0) is 0 Å². The third kappa shape index (κ3) is 21.4. The van der Waals surface area contributed by atoms with Crippen LogP contribution in [0.3, 0.4) is 0 Å². The molecule has 4 heteroatoms. The normalized spacial score (nSPS) is 5.29. The van der Waals surface area contributed by atoms with Gasteiger partial charge in [0.1, 0.15) is 6.61 Å². The Kier molecular flexibility index (Phi) is 21.6. The number of hydrogen-bond donors (Lipinski definition) is 2. The molecule has 0 aliphatic rings. The van der Waals surface area contributed by atoms with Crippen molar-refractivity contribution in [1.29, 1.82) is 0 Å². The summed E-state index contributed by atoms with van der Waals surface area (Å²) < 4.78 is 0. The smallest absolute Gasteiger partial charge is 0.480 e. The van der Waals surface area contributed by atoms with Crippen molar-refractivity contribution in [1.82, 2.24) is 0 Å². The van der Waals surface area contributed by atoms with Crippen molar-refractivity contribution in [3.63, 3.8) is 0 Å². The van der Waals surface area contributed by atoms with Crippen LogP contribution in [0, 0.1) is 7.43 Å². The zero-order chi connectivity index (χ0) is 4.28. The van der Waals surface area contributed by atoms with Gasteiger partial charge in [0.15, 0.2) is 0 Å². The maximum Gasteiger partial charge on any atom is 1.00 e. The Morgan fingerprint density at radius 1 is 1.57 bits per heavy atom. The van der Waals surface area contributed by atoms with Gasteiger partial charge in [-0.15, -0.1) is 0 Å². The number of rotatable bonds is 1. The average Bonchev–Trinajstić information content (AvgIpc) is 1.38. The van der Waals surface area contributed by atoms with E-state index in [0.717, 1.165) is 0 Å². The van der Waals surface area contributed by atoms with Gasteiger partial charge in [-0.25, -0.2) is 4.79 Å². The van der Waals surface area contributed by atoms with Crippen LogP contribution in [0.15, 0.2) is 0 Å². The van der Waals surface area contributed by atoms with Gasteiger partial charge in [0.2, 0.25) is 0 Å². The van der Waals surface area contributed by atoms with Crippen molar-refractivity contribution in [3.8, 4) is 0 Å². The van der Waals surface area contributed by atoms with Crippen LogP contribution in [0.2, 0.25) is 0 Å². The molecule has 0 aliphatic carbocycles. The Bertz CT molecular complexity index is 45.4. The first-order valence-electron chi connectivity index (χ1n) is 1.10. The SMILES string of the molecule is O=C(O)CO.[CH3-].[Na+]. The van der Waals surface area contributed by atoms with Gasteiger partial charge >= 0.3 is 35.5 Å². The van der Waals surface area contributed by atoms with Gasteiger partial charge in [-0.2, -0.15) is 0 Å². The van der Waals surface area contributed by atoms with Crippen molar-refractivity contribution in [2.45, 2.75) is 0 Å². The first-order chi connectivity index (χ1) is 2.27. The number of aliphatic hydroxyl groups excluding tert-OH is 1. The zero-order valence-corrected chi connectivity index (χ0v) is 6.51. The maximum atomic E-state index is 9.12. The molecular formula is C3H7NaO3. The Balaban J connectivity index is -0.0000000800. The molecule has 0 amide bonds. The molecule has 0 radical (unpaired) electrons. The minimum Gasteiger partial charge on any atom is -0.480 e. The fraction of sp³-hybridized carbons (Fsp3) is 0.333. The molecule has 0 aromatic heterocycles. The van der Waals surface area contributed by atoms with E-state index < -0.39 is 12.6 Å². The van der Waals surface area contributed by atoms with Crippen molar-refractivity contribution in [2.75, 3.05) is 6.61 Å². The predicted molar refractivity (Wildman–Crippen MR) is 21.1 cm³/mol. The fourth-order valence-electron chi connectivity index (χ4n) is 0. The van der Waals surface area contributed by atoms with Crippen LogP contribution in [0.25, 0.3) is 0 Å². The van der Waals surface area contributed by atoms with Gasteiger partial charge in [-0.3, -0.25) is 0 Å². The quantitative estimate of drug-likeness (QED) is 0.275. The molecule has 0 aromatic rings. The summed E-state index contributed by atoms with van der Waals surface area (Å²) in [4.78, 5) is 9.12. The number of carbonyl (C=O) groups is 1. The standard InChI is InChI=1S/C2H4O3.CH3.Na/c3-1-2(4)5;;/h3H,1H2,(H,4,5);1H3;/q;-1;+1. The Morgan fingerprint density at radius 2 is 1.71 bits per heavy atom. The van der Waals surface area contributed by atoms with E-state index in [-0.39, 0.29) is 37.0 Å². The molecule has 0 heterocycles. The summed E-state index contributed by atoms with van der Waals surface area (Å²) in [6, 6.07) is 0. The second-order valence-corrected chi connectivity index (χ2v) is 0.552. The monoisotopic (exact) mass is 114 g/mol. The van der Waals surface area contributed by atoms with Crippen molar-refractivity contribution in [3.05, 3.63) is 7.43 Å². The third-order valence-electron chi connectivity index (χ3n) is 0.135. The first kappa shape index (κ1) is 15.7. The largest absolute Gasteiger partial charge is 1.00 e. The minimum atomic E-state index is -1.19. The second-order valence-electron chi connectivity index (χ2n) is 0.552. The van der Waals surface area contributed by atoms with E-state index in [2.05, 4.69) is 0 Å². The fourth-order valence-corrected chi connectivity index (χ4v) is 0. The van der Waals surface area contributed by atoms with E-state index in [9.17, 15) is 0 Å². The number of carboxylic acids is 1. The Labute approximate surface area is 64.6 Å².